The summed E-state index contributed by atoms with van der Waals surface area (Å²) in [6.07, 6.45) is 0. The Bertz CT molecular complexity index is 2600. The summed E-state index contributed by atoms with van der Waals surface area (Å²) in [7, 11) is 0. The summed E-state index contributed by atoms with van der Waals surface area (Å²) < 4.78 is 12.4. The second-order valence-corrected chi connectivity index (χ2v) is 10.6. The predicted octanol–water partition coefficient (Wildman–Crippen LogP) is 10.1. The van der Waals surface area contributed by atoms with Crippen LogP contribution in [0.1, 0.15) is 16.7 Å². The molecule has 0 unspecified atom stereocenters. The third kappa shape index (κ3) is 3.77. The molecular weight excluding hydrogens is 542 g/mol. The molecule has 0 aliphatic carbocycles. The largest absolute Gasteiger partial charge is 0.456 e. The van der Waals surface area contributed by atoms with Gasteiger partial charge in [-0.1, -0.05) is 54.6 Å². The normalized spacial score (nSPS) is 11.1. The second-order valence-electron chi connectivity index (χ2n) is 10.6. The fraction of sp³-hybridized carbons (Fsp3) is 0. The van der Waals surface area contributed by atoms with Gasteiger partial charge in [0.15, 0.2) is 0 Å². The Morgan fingerprint density at radius 2 is 1.00 bits per heavy atom. The Morgan fingerprint density at radius 1 is 0.409 bits per heavy atom. The summed E-state index contributed by atoms with van der Waals surface area (Å²) in [5.41, 5.74) is 10.0. The van der Waals surface area contributed by atoms with Crippen LogP contribution >= 0.6 is 0 Å². The summed E-state index contributed by atoms with van der Waals surface area (Å²) in [5, 5.41) is 32.9. The van der Waals surface area contributed by atoms with Crippen LogP contribution in [0.4, 0.5) is 0 Å². The molecule has 0 N–H and O–H groups in total. The summed E-state index contributed by atoms with van der Waals surface area (Å²) in [4.78, 5) is 0. The van der Waals surface area contributed by atoms with Gasteiger partial charge in [-0.15, -0.1) is 0 Å². The van der Waals surface area contributed by atoms with E-state index >= 15 is 0 Å². The lowest BCUT2D eigenvalue weighted by atomic mass is 9.87. The first-order valence-electron chi connectivity index (χ1n) is 14.0. The number of nitrogens with zero attached hydrogens (tertiary/aromatic N) is 3. The van der Waals surface area contributed by atoms with E-state index in [1.54, 1.807) is 12.1 Å². The molecule has 0 aliphatic heterocycles. The number of benzene rings is 6. The molecule has 6 aromatic carbocycles. The van der Waals surface area contributed by atoms with Crippen LogP contribution in [0.2, 0.25) is 0 Å². The van der Waals surface area contributed by atoms with Gasteiger partial charge in [0.25, 0.3) is 0 Å². The van der Waals surface area contributed by atoms with Gasteiger partial charge in [-0.25, -0.2) is 0 Å². The van der Waals surface area contributed by atoms with Crippen molar-refractivity contribution >= 4 is 43.9 Å². The third-order valence-corrected chi connectivity index (χ3v) is 8.21. The molecule has 8 rings (SSSR count). The average Bonchev–Trinajstić information content (AvgIpc) is 3.65. The lowest BCUT2D eigenvalue weighted by Crippen LogP contribution is -1.91. The molecule has 0 spiro atoms. The molecule has 0 fully saturated rings. The summed E-state index contributed by atoms with van der Waals surface area (Å²) in [6.45, 7) is 0. The van der Waals surface area contributed by atoms with Crippen molar-refractivity contribution in [2.45, 2.75) is 0 Å². The maximum absolute atomic E-state index is 10.1. The van der Waals surface area contributed by atoms with E-state index in [1.807, 2.05) is 72.8 Å². The smallest absolute Gasteiger partial charge is 0.136 e. The molecule has 5 heteroatoms. The molecule has 0 saturated heterocycles. The number of fused-ring (bicyclic) bond motifs is 6. The van der Waals surface area contributed by atoms with Gasteiger partial charge in [-0.2, -0.15) is 15.8 Å². The molecule has 2 aromatic heterocycles. The second kappa shape index (κ2) is 9.74. The Morgan fingerprint density at radius 3 is 1.64 bits per heavy atom. The van der Waals surface area contributed by atoms with Gasteiger partial charge >= 0.3 is 0 Å². The van der Waals surface area contributed by atoms with Gasteiger partial charge < -0.3 is 8.83 Å². The quantitative estimate of drug-likeness (QED) is 0.214. The molecule has 44 heavy (non-hydrogen) atoms. The van der Waals surface area contributed by atoms with Crippen molar-refractivity contribution in [1.29, 1.82) is 15.8 Å². The highest BCUT2D eigenvalue weighted by molar-refractivity contribution is 6.15. The first-order valence-corrected chi connectivity index (χ1v) is 14.0. The summed E-state index contributed by atoms with van der Waals surface area (Å²) in [6, 6.07) is 43.6. The van der Waals surface area contributed by atoms with Crippen LogP contribution in [0.25, 0.3) is 77.3 Å². The molecule has 2 heterocycles. The fourth-order valence-electron chi connectivity index (χ4n) is 6.24. The number of furan rings is 2. The Hall–Kier alpha value is -6.61. The highest BCUT2D eigenvalue weighted by atomic mass is 16.3. The van der Waals surface area contributed by atoms with E-state index in [9.17, 15) is 15.8 Å². The van der Waals surface area contributed by atoms with Crippen molar-refractivity contribution in [3.05, 3.63) is 132 Å². The van der Waals surface area contributed by atoms with Crippen LogP contribution in [0.3, 0.4) is 0 Å². The highest BCUT2D eigenvalue weighted by Crippen LogP contribution is 2.44. The average molecular weight is 562 g/mol. The zero-order valence-corrected chi connectivity index (χ0v) is 23.1. The zero-order chi connectivity index (χ0) is 29.8. The molecule has 5 nitrogen and oxygen atoms in total. The number of hydrogen-bond acceptors (Lipinski definition) is 5. The van der Waals surface area contributed by atoms with Gasteiger partial charge in [-0.3, -0.25) is 0 Å². The van der Waals surface area contributed by atoms with E-state index in [-0.39, 0.29) is 0 Å². The van der Waals surface area contributed by atoms with Crippen LogP contribution in [-0.4, -0.2) is 0 Å². The minimum absolute atomic E-state index is 0.556. The first-order chi connectivity index (χ1) is 21.7. The molecule has 0 amide bonds. The van der Waals surface area contributed by atoms with E-state index in [4.69, 9.17) is 8.83 Å². The minimum Gasteiger partial charge on any atom is -0.456 e. The number of hydrogen-bond donors (Lipinski definition) is 0. The van der Waals surface area contributed by atoms with Gasteiger partial charge in [-0.05, 0) is 88.5 Å². The van der Waals surface area contributed by atoms with Crippen LogP contribution in [0.15, 0.2) is 124 Å². The lowest BCUT2D eigenvalue weighted by Gasteiger charge is -2.15. The van der Waals surface area contributed by atoms with E-state index in [0.717, 1.165) is 66.1 Å². The van der Waals surface area contributed by atoms with Crippen molar-refractivity contribution in [1.82, 2.24) is 0 Å². The molecule has 0 aliphatic rings. The molecular formula is C39H19N3O2. The van der Waals surface area contributed by atoms with E-state index in [0.29, 0.717) is 27.9 Å². The third-order valence-electron chi connectivity index (χ3n) is 8.21. The van der Waals surface area contributed by atoms with E-state index < -0.39 is 0 Å². The Labute approximate surface area is 251 Å². The van der Waals surface area contributed by atoms with Crippen molar-refractivity contribution < 1.29 is 8.83 Å². The minimum atomic E-state index is 0.556. The number of nitriles is 3. The maximum atomic E-state index is 10.1. The highest BCUT2D eigenvalue weighted by Gasteiger charge is 2.20. The maximum Gasteiger partial charge on any atom is 0.136 e. The zero-order valence-electron chi connectivity index (χ0n) is 23.1. The van der Waals surface area contributed by atoms with Gasteiger partial charge in [0.2, 0.25) is 0 Å². The molecule has 0 bridgehead atoms. The summed E-state index contributed by atoms with van der Waals surface area (Å²) in [5.74, 6) is 0. The predicted molar refractivity (Wildman–Crippen MR) is 171 cm³/mol. The van der Waals surface area contributed by atoms with E-state index in [2.05, 4.69) is 48.5 Å². The van der Waals surface area contributed by atoms with Crippen molar-refractivity contribution in [3.63, 3.8) is 0 Å². The first kappa shape index (κ1) is 25.1. The van der Waals surface area contributed by atoms with Crippen LogP contribution in [0.5, 0.6) is 0 Å². The van der Waals surface area contributed by atoms with Crippen LogP contribution in [-0.2, 0) is 0 Å². The molecule has 8 aromatic rings. The Kier molecular flexibility index (Phi) is 5.56. The molecule has 202 valence electrons. The van der Waals surface area contributed by atoms with Gasteiger partial charge in [0, 0.05) is 27.1 Å². The molecule has 0 atom stereocenters. The topological polar surface area (TPSA) is 97.7 Å². The number of rotatable bonds is 3. The van der Waals surface area contributed by atoms with Gasteiger partial charge in [0.1, 0.15) is 22.3 Å². The SMILES string of the molecule is N#Cc1ccc2oc3cccc(-c4ccc(-c5cccc6oc7ccc(C#N)cc7c56)c(-c5ccccc5C#N)c4)c3c2c1. The fourth-order valence-corrected chi connectivity index (χ4v) is 6.24. The van der Waals surface area contributed by atoms with Crippen molar-refractivity contribution in [2.24, 2.45) is 0 Å². The van der Waals surface area contributed by atoms with Gasteiger partial charge in [0.05, 0.1) is 34.9 Å². The molecule has 0 radical (unpaired) electrons. The standard InChI is InChI=1S/C39H19N3O2/c40-20-23-11-15-34-32(17-23)38-28(7-3-9-36(38)43-34)25-13-14-29(31(19-25)27-6-2-1-5-26(27)22-42)30-8-4-10-37-39(30)33-18-24(21-41)12-16-35(33)44-37/h1-19H. The lowest BCUT2D eigenvalue weighted by molar-refractivity contribution is 0.668. The van der Waals surface area contributed by atoms with Crippen LogP contribution in [0, 0.1) is 34.0 Å². The van der Waals surface area contributed by atoms with E-state index in [1.165, 1.54) is 0 Å². The molecule has 0 saturated carbocycles. The van der Waals surface area contributed by atoms with Crippen molar-refractivity contribution in [3.8, 4) is 51.6 Å². The monoisotopic (exact) mass is 561 g/mol. The van der Waals surface area contributed by atoms with Crippen molar-refractivity contribution in [2.75, 3.05) is 0 Å². The summed E-state index contributed by atoms with van der Waals surface area (Å²) >= 11 is 0. The van der Waals surface area contributed by atoms with Crippen LogP contribution < -0.4 is 0 Å². The Balaban J connectivity index is 1.45.